The highest BCUT2D eigenvalue weighted by molar-refractivity contribution is 6.31. The van der Waals surface area contributed by atoms with Crippen LogP contribution in [0, 0.1) is 5.82 Å². The van der Waals surface area contributed by atoms with Crippen LogP contribution in [0.25, 0.3) is 0 Å². The maximum absolute atomic E-state index is 14.4. The number of rotatable bonds is 5. The van der Waals surface area contributed by atoms with Crippen molar-refractivity contribution in [2.75, 3.05) is 10.6 Å². The summed E-state index contributed by atoms with van der Waals surface area (Å²) in [7, 11) is 0. The number of hydrogen-bond donors (Lipinski definition) is 3. The molecule has 3 aromatic rings. The van der Waals surface area contributed by atoms with Crippen LogP contribution >= 0.6 is 11.6 Å². The van der Waals surface area contributed by atoms with E-state index in [9.17, 15) is 9.18 Å². The lowest BCUT2D eigenvalue weighted by Gasteiger charge is -2.16. The summed E-state index contributed by atoms with van der Waals surface area (Å²) in [5.74, 6) is -0.271. The molecule has 1 aliphatic rings. The van der Waals surface area contributed by atoms with Crippen LogP contribution in [0.2, 0.25) is 5.02 Å². The van der Waals surface area contributed by atoms with Gasteiger partial charge in [-0.25, -0.2) is 9.18 Å². The average molecular weight is 477 g/mol. The number of aliphatic imine (C=N–C) groups is 1. The topological polar surface area (TPSA) is 65.5 Å². The van der Waals surface area contributed by atoms with Crippen LogP contribution in [-0.2, 0) is 6.42 Å². The zero-order chi connectivity index (χ0) is 24.2. The minimum absolute atomic E-state index is 0.0350. The smallest absolute Gasteiger partial charge is 0.319 e. The fourth-order valence-electron chi connectivity index (χ4n) is 3.79. The molecular formula is C27H26ClFN4O. The summed E-state index contributed by atoms with van der Waals surface area (Å²) in [6.07, 6.45) is 0.360. The molecule has 3 N–H and O–H groups in total. The monoisotopic (exact) mass is 476 g/mol. The SMILES string of the molecule is C=C1Nc2ccc(Cl)cc2C(c2ccc(NC(=O)NC(C)C)cc2)=NC1Cc1ccccc1F. The molecular weight excluding hydrogens is 451 g/mol. The molecule has 0 bridgehead atoms. The van der Waals surface area contributed by atoms with E-state index in [1.807, 2.05) is 56.3 Å². The Kier molecular flexibility index (Phi) is 6.98. The minimum atomic E-state index is -0.396. The van der Waals surface area contributed by atoms with Gasteiger partial charge in [-0.3, -0.25) is 4.99 Å². The van der Waals surface area contributed by atoms with E-state index in [-0.39, 0.29) is 17.9 Å². The van der Waals surface area contributed by atoms with Gasteiger partial charge in [0.15, 0.2) is 0 Å². The van der Waals surface area contributed by atoms with Crippen LogP contribution in [0.5, 0.6) is 0 Å². The number of benzodiazepines with no additional fused rings is 1. The first kappa shape index (κ1) is 23.5. The molecule has 1 aliphatic heterocycles. The van der Waals surface area contributed by atoms with Gasteiger partial charge in [-0.2, -0.15) is 0 Å². The zero-order valence-corrected chi connectivity index (χ0v) is 19.8. The highest BCUT2D eigenvalue weighted by atomic mass is 35.5. The van der Waals surface area contributed by atoms with Crippen LogP contribution in [-0.4, -0.2) is 23.8 Å². The summed E-state index contributed by atoms with van der Waals surface area (Å²) in [6.45, 7) is 7.97. The number of hydrogen-bond acceptors (Lipinski definition) is 3. The van der Waals surface area contributed by atoms with Crippen LogP contribution in [0.4, 0.5) is 20.6 Å². The first-order chi connectivity index (χ1) is 16.3. The number of nitrogens with zero attached hydrogens (tertiary/aromatic N) is 1. The molecule has 1 heterocycles. The molecule has 0 saturated carbocycles. The van der Waals surface area contributed by atoms with E-state index in [4.69, 9.17) is 16.6 Å². The summed E-state index contributed by atoms with van der Waals surface area (Å²) >= 11 is 6.32. The van der Waals surface area contributed by atoms with Crippen molar-refractivity contribution in [3.05, 3.63) is 107 Å². The van der Waals surface area contributed by atoms with E-state index in [1.54, 1.807) is 18.2 Å². The Morgan fingerprint density at radius 2 is 1.88 bits per heavy atom. The van der Waals surface area contributed by atoms with Gasteiger partial charge in [0.1, 0.15) is 5.82 Å². The Morgan fingerprint density at radius 3 is 2.59 bits per heavy atom. The van der Waals surface area contributed by atoms with E-state index < -0.39 is 6.04 Å². The third-order valence-electron chi connectivity index (χ3n) is 5.43. The van der Waals surface area contributed by atoms with Crippen LogP contribution < -0.4 is 16.0 Å². The van der Waals surface area contributed by atoms with Crippen molar-refractivity contribution >= 4 is 34.7 Å². The molecule has 0 aromatic heterocycles. The lowest BCUT2D eigenvalue weighted by atomic mass is 10.00. The maximum atomic E-state index is 14.4. The van der Waals surface area contributed by atoms with E-state index >= 15 is 0 Å². The second-order valence-corrected chi connectivity index (χ2v) is 8.90. The third-order valence-corrected chi connectivity index (χ3v) is 5.66. The summed E-state index contributed by atoms with van der Waals surface area (Å²) in [5.41, 5.74) is 5.10. The third kappa shape index (κ3) is 5.46. The van der Waals surface area contributed by atoms with E-state index in [0.29, 0.717) is 34.1 Å². The van der Waals surface area contributed by atoms with Gasteiger partial charge in [-0.15, -0.1) is 0 Å². The largest absolute Gasteiger partial charge is 0.357 e. The van der Waals surface area contributed by atoms with Gasteiger partial charge in [0.05, 0.1) is 11.8 Å². The van der Waals surface area contributed by atoms with E-state index in [0.717, 1.165) is 16.8 Å². The Hall–Kier alpha value is -3.64. The predicted octanol–water partition coefficient (Wildman–Crippen LogP) is 6.40. The standard InChI is InChI=1S/C27H26ClFN4O/c1-16(2)30-27(34)32-21-11-8-18(9-12-21)26-22-15-20(28)10-13-24(22)31-17(3)25(33-26)14-19-6-4-5-7-23(19)29/h4-13,15-16,25,31H,3,14H2,1-2H3,(H2,30,32,34). The number of benzene rings is 3. The van der Waals surface area contributed by atoms with Crippen molar-refractivity contribution < 1.29 is 9.18 Å². The van der Waals surface area contributed by atoms with Crippen molar-refractivity contribution in [1.82, 2.24) is 5.32 Å². The lowest BCUT2D eigenvalue weighted by Crippen LogP contribution is -2.34. The fourth-order valence-corrected chi connectivity index (χ4v) is 3.96. The number of carbonyl (C=O) groups excluding carboxylic acids is 1. The normalized spacial score (nSPS) is 15.1. The summed E-state index contributed by atoms with van der Waals surface area (Å²) < 4.78 is 14.4. The number of amides is 2. The first-order valence-corrected chi connectivity index (χ1v) is 11.4. The molecule has 1 unspecified atom stereocenters. The number of halogens is 2. The zero-order valence-electron chi connectivity index (χ0n) is 19.0. The Labute approximate surface area is 203 Å². The van der Waals surface area contributed by atoms with Gasteiger partial charge in [0, 0.05) is 45.7 Å². The van der Waals surface area contributed by atoms with Gasteiger partial charge in [-0.1, -0.05) is 48.5 Å². The van der Waals surface area contributed by atoms with Crippen molar-refractivity contribution in [2.24, 2.45) is 4.99 Å². The molecule has 0 fully saturated rings. The van der Waals surface area contributed by atoms with Crippen molar-refractivity contribution in [3.8, 4) is 0 Å². The Bertz CT molecular complexity index is 1250. The number of carbonyl (C=O) groups is 1. The molecule has 0 aliphatic carbocycles. The maximum Gasteiger partial charge on any atom is 0.319 e. The quantitative estimate of drug-likeness (QED) is 0.399. The van der Waals surface area contributed by atoms with Crippen molar-refractivity contribution in [3.63, 3.8) is 0 Å². The second-order valence-electron chi connectivity index (χ2n) is 8.46. The molecule has 2 amide bonds. The van der Waals surface area contributed by atoms with Gasteiger partial charge < -0.3 is 16.0 Å². The molecule has 0 saturated heterocycles. The molecule has 174 valence electrons. The Morgan fingerprint density at radius 1 is 1.15 bits per heavy atom. The molecule has 0 radical (unpaired) electrons. The van der Waals surface area contributed by atoms with Gasteiger partial charge in [-0.05, 0) is 55.8 Å². The lowest BCUT2D eigenvalue weighted by molar-refractivity contribution is 0.250. The summed E-state index contributed by atoms with van der Waals surface area (Å²) in [6, 6.07) is 19.0. The molecule has 3 aromatic carbocycles. The van der Waals surface area contributed by atoms with E-state index in [1.165, 1.54) is 6.07 Å². The number of fused-ring (bicyclic) bond motifs is 1. The molecule has 34 heavy (non-hydrogen) atoms. The van der Waals surface area contributed by atoms with Crippen LogP contribution in [0.3, 0.4) is 0 Å². The van der Waals surface area contributed by atoms with Crippen molar-refractivity contribution in [1.29, 1.82) is 0 Å². The van der Waals surface area contributed by atoms with Crippen molar-refractivity contribution in [2.45, 2.75) is 32.4 Å². The summed E-state index contributed by atoms with van der Waals surface area (Å²) in [5, 5.41) is 9.54. The van der Waals surface area contributed by atoms with Gasteiger partial charge in [0.2, 0.25) is 0 Å². The predicted molar refractivity (Wildman–Crippen MR) is 137 cm³/mol. The molecule has 5 nitrogen and oxygen atoms in total. The van der Waals surface area contributed by atoms with Crippen LogP contribution in [0.1, 0.15) is 30.5 Å². The highest BCUT2D eigenvalue weighted by Crippen LogP contribution is 2.31. The van der Waals surface area contributed by atoms with E-state index in [2.05, 4.69) is 22.5 Å². The number of anilines is 2. The average Bonchev–Trinajstić information content (AvgIpc) is 2.92. The molecule has 7 heteroatoms. The number of nitrogens with one attached hydrogen (secondary N) is 3. The first-order valence-electron chi connectivity index (χ1n) is 11.0. The highest BCUT2D eigenvalue weighted by Gasteiger charge is 2.23. The minimum Gasteiger partial charge on any atom is -0.357 e. The Balaban J connectivity index is 1.71. The molecule has 4 rings (SSSR count). The number of urea groups is 1. The van der Waals surface area contributed by atoms with Gasteiger partial charge in [0.25, 0.3) is 0 Å². The van der Waals surface area contributed by atoms with Crippen LogP contribution in [0.15, 0.2) is 84.0 Å². The molecule has 1 atom stereocenters. The molecule has 0 spiro atoms. The second kappa shape index (κ2) is 10.1. The summed E-state index contributed by atoms with van der Waals surface area (Å²) in [4.78, 5) is 17.0. The fraction of sp³-hybridized carbons (Fsp3) is 0.185. The van der Waals surface area contributed by atoms with Gasteiger partial charge >= 0.3 is 6.03 Å².